The fourth-order valence-electron chi connectivity index (χ4n) is 2.21. The number of carbonyl (C=O) groups is 1. The maximum Gasteiger partial charge on any atom is 0.254 e. The minimum Gasteiger partial charge on any atom is -0.352 e. The minimum absolute atomic E-state index is 0.165. The lowest BCUT2D eigenvalue weighted by molar-refractivity contribution is 0.0942. The van der Waals surface area contributed by atoms with E-state index in [4.69, 9.17) is 11.6 Å². The van der Waals surface area contributed by atoms with Crippen LogP contribution >= 0.6 is 11.6 Å². The fourth-order valence-corrected chi connectivity index (χ4v) is 2.59. The van der Waals surface area contributed by atoms with Gasteiger partial charge in [0.1, 0.15) is 0 Å². The fraction of sp³-hybridized carbons (Fsp3) is 0.462. The van der Waals surface area contributed by atoms with Crippen molar-refractivity contribution in [2.75, 3.05) is 6.54 Å². The number of halogens is 3. The van der Waals surface area contributed by atoms with Crippen molar-refractivity contribution in [3.05, 3.63) is 35.4 Å². The molecule has 0 spiro atoms. The second-order valence-electron chi connectivity index (χ2n) is 4.59. The molecule has 1 aliphatic carbocycles. The van der Waals surface area contributed by atoms with E-state index in [-0.39, 0.29) is 10.9 Å². The molecule has 1 aromatic rings. The molecule has 2 unspecified atom stereocenters. The maximum absolute atomic E-state index is 13.4. The molecule has 2 atom stereocenters. The standard InChI is InChI=1S/C13H14ClF2NO/c14-9-5-4-8(6-9)7-17-13(18)10-2-1-3-11(15)12(10)16/h1-3,8-9H,4-7H2,(H,17,18). The first-order chi connectivity index (χ1) is 8.58. The van der Waals surface area contributed by atoms with Gasteiger partial charge in [-0.15, -0.1) is 11.6 Å². The summed E-state index contributed by atoms with van der Waals surface area (Å²) in [6, 6.07) is 3.58. The summed E-state index contributed by atoms with van der Waals surface area (Å²) in [6.45, 7) is 0.456. The van der Waals surface area contributed by atoms with Crippen molar-refractivity contribution in [3.63, 3.8) is 0 Å². The zero-order valence-corrected chi connectivity index (χ0v) is 10.5. The highest BCUT2D eigenvalue weighted by Crippen LogP contribution is 2.28. The molecular formula is C13H14ClF2NO. The average molecular weight is 274 g/mol. The van der Waals surface area contributed by atoms with Gasteiger partial charge in [0, 0.05) is 11.9 Å². The number of alkyl halides is 1. The van der Waals surface area contributed by atoms with Crippen LogP contribution in [0.15, 0.2) is 18.2 Å². The SMILES string of the molecule is O=C(NCC1CCC(Cl)C1)c1cccc(F)c1F. The lowest BCUT2D eigenvalue weighted by atomic mass is 10.1. The molecule has 2 rings (SSSR count). The number of nitrogens with one attached hydrogen (secondary N) is 1. The summed E-state index contributed by atoms with van der Waals surface area (Å²) >= 11 is 5.96. The van der Waals surface area contributed by atoms with Crippen molar-refractivity contribution < 1.29 is 13.6 Å². The van der Waals surface area contributed by atoms with E-state index in [0.717, 1.165) is 25.3 Å². The lowest BCUT2D eigenvalue weighted by Gasteiger charge is -2.11. The summed E-state index contributed by atoms with van der Waals surface area (Å²) in [6.07, 6.45) is 2.75. The molecule has 0 aromatic heterocycles. The van der Waals surface area contributed by atoms with E-state index in [2.05, 4.69) is 5.32 Å². The summed E-state index contributed by atoms with van der Waals surface area (Å²) in [7, 11) is 0. The first-order valence-corrected chi connectivity index (χ1v) is 6.38. The van der Waals surface area contributed by atoms with E-state index >= 15 is 0 Å². The highest BCUT2D eigenvalue weighted by atomic mass is 35.5. The maximum atomic E-state index is 13.4. The van der Waals surface area contributed by atoms with E-state index in [9.17, 15) is 13.6 Å². The zero-order chi connectivity index (χ0) is 13.1. The Morgan fingerprint density at radius 3 is 2.83 bits per heavy atom. The van der Waals surface area contributed by atoms with Crippen molar-refractivity contribution >= 4 is 17.5 Å². The summed E-state index contributed by atoms with van der Waals surface area (Å²) < 4.78 is 26.3. The van der Waals surface area contributed by atoms with Crippen LogP contribution in [0.3, 0.4) is 0 Å². The Morgan fingerprint density at radius 2 is 2.17 bits per heavy atom. The first kappa shape index (κ1) is 13.3. The lowest BCUT2D eigenvalue weighted by Crippen LogP contribution is -2.29. The molecule has 1 N–H and O–H groups in total. The van der Waals surface area contributed by atoms with Crippen LogP contribution in [0.25, 0.3) is 0 Å². The number of rotatable bonds is 3. The Bertz CT molecular complexity index is 453. The normalized spacial score (nSPS) is 23.1. The zero-order valence-electron chi connectivity index (χ0n) is 9.76. The van der Waals surface area contributed by atoms with Crippen LogP contribution in [-0.2, 0) is 0 Å². The van der Waals surface area contributed by atoms with E-state index < -0.39 is 17.5 Å². The molecule has 1 aromatic carbocycles. The predicted molar refractivity (Wildman–Crippen MR) is 65.7 cm³/mol. The van der Waals surface area contributed by atoms with E-state index in [0.29, 0.717) is 12.5 Å². The van der Waals surface area contributed by atoms with Gasteiger partial charge in [0.05, 0.1) is 5.56 Å². The summed E-state index contributed by atoms with van der Waals surface area (Å²) in [5.74, 6) is -2.36. The third kappa shape index (κ3) is 2.99. The molecule has 5 heteroatoms. The van der Waals surface area contributed by atoms with Crippen molar-refractivity contribution in [1.82, 2.24) is 5.32 Å². The van der Waals surface area contributed by atoms with Gasteiger partial charge >= 0.3 is 0 Å². The van der Waals surface area contributed by atoms with Gasteiger partial charge in [0.25, 0.3) is 5.91 Å². The van der Waals surface area contributed by atoms with E-state index in [1.165, 1.54) is 12.1 Å². The van der Waals surface area contributed by atoms with Crippen LogP contribution in [0, 0.1) is 17.6 Å². The first-order valence-electron chi connectivity index (χ1n) is 5.94. The smallest absolute Gasteiger partial charge is 0.254 e. The molecule has 18 heavy (non-hydrogen) atoms. The van der Waals surface area contributed by atoms with Gasteiger partial charge in [-0.3, -0.25) is 4.79 Å². The number of amides is 1. The predicted octanol–water partition coefficient (Wildman–Crippen LogP) is 3.10. The largest absolute Gasteiger partial charge is 0.352 e. The second kappa shape index (κ2) is 5.65. The number of hydrogen-bond acceptors (Lipinski definition) is 1. The third-order valence-corrected chi connectivity index (χ3v) is 3.62. The molecule has 1 amide bonds. The number of benzene rings is 1. The highest BCUT2D eigenvalue weighted by molar-refractivity contribution is 6.20. The van der Waals surface area contributed by atoms with Gasteiger partial charge < -0.3 is 5.32 Å². The monoisotopic (exact) mass is 273 g/mol. The van der Waals surface area contributed by atoms with Gasteiger partial charge in [0.2, 0.25) is 0 Å². The molecule has 98 valence electrons. The van der Waals surface area contributed by atoms with Crippen LogP contribution < -0.4 is 5.32 Å². The molecule has 0 saturated heterocycles. The Labute approximate surface area is 109 Å². The molecular weight excluding hydrogens is 260 g/mol. The molecule has 1 fully saturated rings. The quantitative estimate of drug-likeness (QED) is 0.843. The van der Waals surface area contributed by atoms with Gasteiger partial charge in [-0.05, 0) is 37.3 Å². The summed E-state index contributed by atoms with van der Waals surface area (Å²) in [5, 5.41) is 2.79. The molecule has 0 radical (unpaired) electrons. The molecule has 1 aliphatic rings. The second-order valence-corrected chi connectivity index (χ2v) is 5.20. The third-order valence-electron chi connectivity index (χ3n) is 3.22. The number of carbonyl (C=O) groups excluding carboxylic acids is 1. The van der Waals surface area contributed by atoms with Crippen LogP contribution in [-0.4, -0.2) is 17.8 Å². The van der Waals surface area contributed by atoms with Crippen LogP contribution in [0.5, 0.6) is 0 Å². The van der Waals surface area contributed by atoms with E-state index in [1.807, 2.05) is 0 Å². The van der Waals surface area contributed by atoms with E-state index in [1.54, 1.807) is 0 Å². The van der Waals surface area contributed by atoms with Crippen LogP contribution in [0.4, 0.5) is 8.78 Å². The molecule has 0 aliphatic heterocycles. The average Bonchev–Trinajstić information content (AvgIpc) is 2.76. The van der Waals surface area contributed by atoms with Gasteiger partial charge in [0.15, 0.2) is 11.6 Å². The molecule has 0 bridgehead atoms. The highest BCUT2D eigenvalue weighted by Gasteiger charge is 2.23. The summed E-state index contributed by atoms with van der Waals surface area (Å²) in [5.41, 5.74) is -0.254. The molecule has 1 saturated carbocycles. The number of hydrogen-bond donors (Lipinski definition) is 1. The van der Waals surface area contributed by atoms with Gasteiger partial charge in [-0.2, -0.15) is 0 Å². The summed E-state index contributed by atoms with van der Waals surface area (Å²) in [4.78, 5) is 11.7. The minimum atomic E-state index is -1.10. The van der Waals surface area contributed by atoms with Crippen LogP contribution in [0.2, 0.25) is 0 Å². The van der Waals surface area contributed by atoms with Gasteiger partial charge in [-0.1, -0.05) is 6.07 Å². The Kier molecular flexibility index (Phi) is 4.17. The van der Waals surface area contributed by atoms with Crippen molar-refractivity contribution in [1.29, 1.82) is 0 Å². The van der Waals surface area contributed by atoms with Gasteiger partial charge in [-0.25, -0.2) is 8.78 Å². The topological polar surface area (TPSA) is 29.1 Å². The molecule has 2 nitrogen and oxygen atoms in total. The Balaban J connectivity index is 1.94. The Morgan fingerprint density at radius 1 is 1.39 bits per heavy atom. The molecule has 0 heterocycles. The van der Waals surface area contributed by atoms with Crippen molar-refractivity contribution in [2.45, 2.75) is 24.6 Å². The Hall–Kier alpha value is -1.16. The van der Waals surface area contributed by atoms with Crippen molar-refractivity contribution in [3.8, 4) is 0 Å². The van der Waals surface area contributed by atoms with Crippen molar-refractivity contribution in [2.24, 2.45) is 5.92 Å². The van der Waals surface area contributed by atoms with Crippen LogP contribution in [0.1, 0.15) is 29.6 Å².